The van der Waals surface area contributed by atoms with E-state index in [0.29, 0.717) is 11.4 Å². The van der Waals surface area contributed by atoms with Crippen molar-refractivity contribution >= 4 is 29.5 Å². The van der Waals surface area contributed by atoms with E-state index in [1.54, 1.807) is 6.92 Å². The van der Waals surface area contributed by atoms with Gasteiger partial charge in [-0.25, -0.2) is 9.59 Å². The predicted octanol–water partition coefficient (Wildman–Crippen LogP) is -0.158. The van der Waals surface area contributed by atoms with Crippen LogP contribution in [0.3, 0.4) is 0 Å². The molecule has 1 aromatic rings. The number of hydrazine groups is 1. The average Bonchev–Trinajstić information content (AvgIpc) is 3.07. The Bertz CT molecular complexity index is 802. The Balaban J connectivity index is 1.95. The first-order chi connectivity index (χ1) is 12.1. The molecule has 1 atom stereocenters. The fourth-order valence-electron chi connectivity index (χ4n) is 2.24. The highest BCUT2D eigenvalue weighted by Gasteiger charge is 2.47. The zero-order valence-electron chi connectivity index (χ0n) is 14.3. The second-order valence-corrected chi connectivity index (χ2v) is 5.82. The Labute approximate surface area is 147 Å². The summed E-state index contributed by atoms with van der Waals surface area (Å²) in [5, 5.41) is 13.7. The van der Waals surface area contributed by atoms with Crippen LogP contribution in [0.5, 0.6) is 0 Å². The number of carbonyl (C=O) groups is 4. The number of hydrogen-bond acceptors (Lipinski definition) is 7. The van der Waals surface area contributed by atoms with E-state index in [0.717, 1.165) is 12.3 Å². The number of aryl methyl sites for hydroxylation is 1. The third-order valence-corrected chi connectivity index (χ3v) is 3.95. The molecule has 2 N–H and O–H groups in total. The molecule has 12 heteroatoms. The molecule has 2 rings (SSSR count). The molecule has 1 fully saturated rings. The first-order valence-corrected chi connectivity index (χ1v) is 7.53. The van der Waals surface area contributed by atoms with Gasteiger partial charge >= 0.3 is 12.0 Å². The van der Waals surface area contributed by atoms with Crippen LogP contribution in [0.25, 0.3) is 0 Å². The van der Waals surface area contributed by atoms with E-state index in [4.69, 9.17) is 4.74 Å². The quantitative estimate of drug-likeness (QED) is 0.306. The number of nitrogens with zero attached hydrogens (tertiary/aromatic N) is 3. The Hall–Kier alpha value is -3.44. The van der Waals surface area contributed by atoms with Crippen LogP contribution in [0.2, 0.25) is 0 Å². The van der Waals surface area contributed by atoms with E-state index in [2.05, 4.69) is 10.7 Å². The molecule has 0 saturated carbocycles. The molecular weight excluding hydrogens is 350 g/mol. The van der Waals surface area contributed by atoms with Gasteiger partial charge in [-0.3, -0.25) is 25.1 Å². The van der Waals surface area contributed by atoms with E-state index < -0.39 is 40.9 Å². The molecule has 1 saturated heterocycles. The topological polar surface area (TPSA) is 153 Å². The molecular formula is C14H17N5O7. The summed E-state index contributed by atoms with van der Waals surface area (Å²) in [4.78, 5) is 57.7. The molecule has 1 aliphatic rings. The lowest BCUT2D eigenvalue weighted by Crippen LogP contribution is -2.49. The molecule has 26 heavy (non-hydrogen) atoms. The van der Waals surface area contributed by atoms with Crippen molar-refractivity contribution in [1.29, 1.82) is 0 Å². The Morgan fingerprint density at radius 1 is 1.42 bits per heavy atom. The van der Waals surface area contributed by atoms with Gasteiger partial charge in [-0.15, -0.1) is 0 Å². The van der Waals surface area contributed by atoms with Gasteiger partial charge in [0.05, 0.1) is 11.1 Å². The SMILES string of the molecule is CCC1(C)NC(=O)N(NC(=O)COC(=O)c2cc([N+](=O)[O-])cn2C)C1=O. The lowest BCUT2D eigenvalue weighted by atomic mass is 10.00. The highest BCUT2D eigenvalue weighted by molar-refractivity contribution is 6.07. The Kier molecular flexibility index (Phi) is 4.95. The normalized spacial score (nSPS) is 19.3. The minimum atomic E-state index is -1.12. The van der Waals surface area contributed by atoms with Crippen LogP contribution >= 0.6 is 0 Å². The van der Waals surface area contributed by atoms with Crippen molar-refractivity contribution in [2.75, 3.05) is 6.61 Å². The summed E-state index contributed by atoms with van der Waals surface area (Å²) in [5.74, 6) is -2.51. The van der Waals surface area contributed by atoms with Crippen molar-refractivity contribution in [2.24, 2.45) is 7.05 Å². The average molecular weight is 367 g/mol. The summed E-state index contributed by atoms with van der Waals surface area (Å²) >= 11 is 0. The maximum Gasteiger partial charge on any atom is 0.355 e. The number of urea groups is 1. The fourth-order valence-corrected chi connectivity index (χ4v) is 2.24. The predicted molar refractivity (Wildman–Crippen MR) is 84.6 cm³/mol. The van der Waals surface area contributed by atoms with E-state index in [-0.39, 0.29) is 11.4 Å². The molecule has 0 radical (unpaired) electrons. The third-order valence-electron chi connectivity index (χ3n) is 3.95. The number of imide groups is 1. The lowest BCUT2D eigenvalue weighted by Gasteiger charge is -2.19. The highest BCUT2D eigenvalue weighted by atomic mass is 16.6. The van der Waals surface area contributed by atoms with Gasteiger partial charge in [0.25, 0.3) is 17.5 Å². The van der Waals surface area contributed by atoms with Gasteiger partial charge in [0.2, 0.25) is 0 Å². The van der Waals surface area contributed by atoms with Crippen LogP contribution in [-0.4, -0.2) is 50.5 Å². The van der Waals surface area contributed by atoms with E-state index in [1.807, 2.05) is 0 Å². The van der Waals surface area contributed by atoms with E-state index in [9.17, 15) is 29.3 Å². The summed E-state index contributed by atoms with van der Waals surface area (Å²) in [6.07, 6.45) is 1.45. The molecule has 0 bridgehead atoms. The maximum absolute atomic E-state index is 12.1. The van der Waals surface area contributed by atoms with Gasteiger partial charge in [-0.05, 0) is 13.3 Å². The number of hydrogen-bond donors (Lipinski definition) is 2. The maximum atomic E-state index is 12.1. The van der Waals surface area contributed by atoms with Gasteiger partial charge < -0.3 is 14.6 Å². The molecule has 12 nitrogen and oxygen atoms in total. The van der Waals surface area contributed by atoms with Crippen LogP contribution in [0.1, 0.15) is 30.8 Å². The standard InChI is InChI=1S/C14H17N5O7/c1-4-14(2)12(22)18(13(23)15-14)16-10(20)7-26-11(21)9-5-8(19(24)25)6-17(9)3/h5-6H,4,7H2,1-3H3,(H,15,23)(H,16,20). The molecule has 1 unspecified atom stereocenters. The van der Waals surface area contributed by atoms with Gasteiger partial charge in [0.15, 0.2) is 6.61 Å². The molecule has 1 aliphatic heterocycles. The monoisotopic (exact) mass is 367 g/mol. The number of carbonyl (C=O) groups excluding carboxylic acids is 4. The fraction of sp³-hybridized carbons (Fsp3) is 0.429. The molecule has 0 aromatic carbocycles. The smallest absolute Gasteiger partial charge is 0.355 e. The van der Waals surface area contributed by atoms with Gasteiger partial charge in [-0.2, -0.15) is 5.01 Å². The summed E-state index contributed by atoms with van der Waals surface area (Å²) in [6.45, 7) is 2.43. The van der Waals surface area contributed by atoms with Crippen molar-refractivity contribution in [3.8, 4) is 0 Å². The van der Waals surface area contributed by atoms with Crippen LogP contribution in [0.4, 0.5) is 10.5 Å². The van der Waals surface area contributed by atoms with E-state index >= 15 is 0 Å². The molecule has 0 aliphatic carbocycles. The van der Waals surface area contributed by atoms with Gasteiger partial charge in [0, 0.05) is 13.1 Å². The largest absolute Gasteiger partial charge is 0.451 e. The zero-order chi connectivity index (χ0) is 19.6. The van der Waals surface area contributed by atoms with Crippen LogP contribution in [-0.2, 0) is 21.4 Å². The number of amides is 4. The number of aromatic nitrogens is 1. The number of ether oxygens (including phenoxy) is 1. The number of esters is 1. The number of rotatable bonds is 6. The molecule has 2 heterocycles. The summed E-state index contributed by atoms with van der Waals surface area (Å²) in [6, 6.07) is 0.210. The number of nitro groups is 1. The minimum Gasteiger partial charge on any atom is -0.451 e. The molecule has 140 valence electrons. The van der Waals surface area contributed by atoms with Crippen molar-refractivity contribution in [2.45, 2.75) is 25.8 Å². The summed E-state index contributed by atoms with van der Waals surface area (Å²) in [5.41, 5.74) is 0.501. The Morgan fingerprint density at radius 2 is 2.08 bits per heavy atom. The summed E-state index contributed by atoms with van der Waals surface area (Å²) in [7, 11) is 1.41. The van der Waals surface area contributed by atoms with Crippen LogP contribution < -0.4 is 10.7 Å². The second kappa shape index (κ2) is 6.82. The van der Waals surface area contributed by atoms with Gasteiger partial charge in [-0.1, -0.05) is 6.92 Å². The van der Waals surface area contributed by atoms with Crippen molar-refractivity contribution in [3.63, 3.8) is 0 Å². The first kappa shape index (κ1) is 18.9. The third kappa shape index (κ3) is 3.48. The van der Waals surface area contributed by atoms with Crippen molar-refractivity contribution in [1.82, 2.24) is 20.3 Å². The van der Waals surface area contributed by atoms with E-state index in [1.165, 1.54) is 18.5 Å². The summed E-state index contributed by atoms with van der Waals surface area (Å²) < 4.78 is 5.94. The van der Waals surface area contributed by atoms with Crippen molar-refractivity contribution in [3.05, 3.63) is 28.1 Å². The molecule has 4 amide bonds. The van der Waals surface area contributed by atoms with Crippen LogP contribution in [0, 0.1) is 10.1 Å². The van der Waals surface area contributed by atoms with Crippen molar-refractivity contribution < 1.29 is 28.8 Å². The first-order valence-electron chi connectivity index (χ1n) is 7.53. The minimum absolute atomic E-state index is 0.127. The highest BCUT2D eigenvalue weighted by Crippen LogP contribution is 2.19. The van der Waals surface area contributed by atoms with Gasteiger partial charge in [0.1, 0.15) is 11.2 Å². The second-order valence-electron chi connectivity index (χ2n) is 5.82. The molecule has 0 spiro atoms. The molecule has 1 aromatic heterocycles. The number of nitrogens with one attached hydrogen (secondary N) is 2. The zero-order valence-corrected chi connectivity index (χ0v) is 14.3. The van der Waals surface area contributed by atoms with Crippen LogP contribution in [0.15, 0.2) is 12.3 Å². The Morgan fingerprint density at radius 3 is 2.58 bits per heavy atom. The lowest BCUT2D eigenvalue weighted by molar-refractivity contribution is -0.384.